The zero-order valence-corrected chi connectivity index (χ0v) is 19.2. The van der Waals surface area contributed by atoms with Gasteiger partial charge in [-0.1, -0.05) is 47.6 Å². The van der Waals surface area contributed by atoms with Crippen LogP contribution in [-0.2, 0) is 0 Å². The molecule has 6 nitrogen and oxygen atoms in total. The summed E-state index contributed by atoms with van der Waals surface area (Å²) in [7, 11) is 0. The maximum Gasteiger partial charge on any atom is 0.335 e. The lowest BCUT2D eigenvalue weighted by Gasteiger charge is -2.20. The van der Waals surface area contributed by atoms with E-state index in [0.717, 1.165) is 17.2 Å². The van der Waals surface area contributed by atoms with Crippen LogP contribution in [0.2, 0.25) is 0 Å². The highest BCUT2D eigenvalue weighted by Gasteiger charge is 2.22. The zero-order chi connectivity index (χ0) is 25.8. The van der Waals surface area contributed by atoms with Gasteiger partial charge in [-0.2, -0.15) is 0 Å². The Morgan fingerprint density at radius 1 is 0.944 bits per heavy atom. The van der Waals surface area contributed by atoms with E-state index in [1.807, 2.05) is 12.1 Å². The summed E-state index contributed by atoms with van der Waals surface area (Å²) in [6, 6.07) is 18.6. The number of nitrogens with zero attached hydrogens (tertiary/aromatic N) is 1. The maximum atomic E-state index is 14.9. The minimum atomic E-state index is -1.01. The second-order valence-corrected chi connectivity index (χ2v) is 8.37. The van der Waals surface area contributed by atoms with E-state index in [1.165, 1.54) is 30.5 Å². The summed E-state index contributed by atoms with van der Waals surface area (Å²) in [5.74, 6) is -3.09. The number of halogens is 2. The fourth-order valence-corrected chi connectivity index (χ4v) is 4.08. The van der Waals surface area contributed by atoms with Crippen LogP contribution < -0.4 is 5.56 Å². The Labute approximate surface area is 205 Å². The third kappa shape index (κ3) is 5.22. The number of oxime groups is 1. The SMILES string of the molecule is Cc1cc(/C(CC(c2ccc(-c3ccc(C(=O)O)cc3)cc2)c2ccc(F)cc2F)=N/O)c[nH]c1=O. The Morgan fingerprint density at radius 3 is 2.14 bits per heavy atom. The lowest BCUT2D eigenvalue weighted by molar-refractivity contribution is 0.0697. The lowest BCUT2D eigenvalue weighted by atomic mass is 9.84. The van der Waals surface area contributed by atoms with Gasteiger partial charge in [0, 0.05) is 35.7 Å². The molecule has 3 N–H and O–H groups in total. The van der Waals surface area contributed by atoms with Crippen molar-refractivity contribution in [3.8, 4) is 11.1 Å². The molecule has 0 fully saturated rings. The second-order valence-electron chi connectivity index (χ2n) is 8.37. The van der Waals surface area contributed by atoms with E-state index in [1.54, 1.807) is 37.3 Å². The summed E-state index contributed by atoms with van der Waals surface area (Å²) < 4.78 is 28.5. The third-order valence-electron chi connectivity index (χ3n) is 6.06. The monoisotopic (exact) mass is 488 g/mol. The van der Waals surface area contributed by atoms with Crippen LogP contribution in [0.15, 0.2) is 88.9 Å². The molecule has 0 radical (unpaired) electrons. The molecule has 0 saturated heterocycles. The number of aromatic carboxylic acids is 1. The lowest BCUT2D eigenvalue weighted by Crippen LogP contribution is -2.15. The molecular weight excluding hydrogens is 466 g/mol. The fraction of sp³-hybridized carbons (Fsp3) is 0.107. The molecule has 0 saturated carbocycles. The summed E-state index contributed by atoms with van der Waals surface area (Å²) in [4.78, 5) is 25.4. The molecule has 4 rings (SSSR count). The van der Waals surface area contributed by atoms with Crippen LogP contribution in [0.3, 0.4) is 0 Å². The molecule has 1 heterocycles. The molecule has 1 aromatic heterocycles. The van der Waals surface area contributed by atoms with E-state index < -0.39 is 23.5 Å². The van der Waals surface area contributed by atoms with Gasteiger partial charge in [-0.15, -0.1) is 0 Å². The number of carboxylic acid groups (broad SMARTS) is 1. The summed E-state index contributed by atoms with van der Waals surface area (Å²) in [6.45, 7) is 1.62. The van der Waals surface area contributed by atoms with Crippen LogP contribution in [0.1, 0.15) is 45.0 Å². The summed E-state index contributed by atoms with van der Waals surface area (Å²) in [5.41, 5.74) is 3.55. The Morgan fingerprint density at radius 2 is 1.58 bits per heavy atom. The first-order valence-corrected chi connectivity index (χ1v) is 11.1. The number of aromatic amines is 1. The Balaban J connectivity index is 1.72. The van der Waals surface area contributed by atoms with Crippen LogP contribution in [0.4, 0.5) is 8.78 Å². The summed E-state index contributed by atoms with van der Waals surface area (Å²) in [5, 5.41) is 22.3. The van der Waals surface area contributed by atoms with Crippen LogP contribution in [-0.4, -0.2) is 27.0 Å². The summed E-state index contributed by atoms with van der Waals surface area (Å²) >= 11 is 0. The van der Waals surface area contributed by atoms with Crippen molar-refractivity contribution >= 4 is 11.7 Å². The predicted molar refractivity (Wildman–Crippen MR) is 132 cm³/mol. The highest BCUT2D eigenvalue weighted by Crippen LogP contribution is 2.33. The minimum Gasteiger partial charge on any atom is -0.478 e. The van der Waals surface area contributed by atoms with E-state index in [0.29, 0.717) is 16.7 Å². The molecule has 0 spiro atoms. The first-order valence-electron chi connectivity index (χ1n) is 11.1. The van der Waals surface area contributed by atoms with Crippen molar-refractivity contribution in [3.05, 3.63) is 129 Å². The topological polar surface area (TPSA) is 103 Å². The Kier molecular flexibility index (Phi) is 7.05. The van der Waals surface area contributed by atoms with Gasteiger partial charge in [0.2, 0.25) is 0 Å². The van der Waals surface area contributed by atoms with Crippen molar-refractivity contribution in [3.63, 3.8) is 0 Å². The van der Waals surface area contributed by atoms with Crippen LogP contribution >= 0.6 is 0 Å². The van der Waals surface area contributed by atoms with Gasteiger partial charge in [0.15, 0.2) is 0 Å². The van der Waals surface area contributed by atoms with Crippen molar-refractivity contribution in [1.82, 2.24) is 4.98 Å². The van der Waals surface area contributed by atoms with Gasteiger partial charge in [0.1, 0.15) is 11.6 Å². The molecule has 0 bridgehead atoms. The van der Waals surface area contributed by atoms with Gasteiger partial charge >= 0.3 is 5.97 Å². The molecule has 0 amide bonds. The molecule has 0 aliphatic heterocycles. The van der Waals surface area contributed by atoms with Crippen LogP contribution in [0.25, 0.3) is 11.1 Å². The van der Waals surface area contributed by atoms with Crippen molar-refractivity contribution in [2.75, 3.05) is 0 Å². The fourth-order valence-electron chi connectivity index (χ4n) is 4.08. The molecule has 36 heavy (non-hydrogen) atoms. The zero-order valence-electron chi connectivity index (χ0n) is 19.2. The third-order valence-corrected chi connectivity index (χ3v) is 6.06. The van der Waals surface area contributed by atoms with Crippen molar-refractivity contribution in [1.29, 1.82) is 0 Å². The van der Waals surface area contributed by atoms with Crippen molar-refractivity contribution < 1.29 is 23.9 Å². The predicted octanol–water partition coefficient (Wildman–Crippen LogP) is 5.73. The molecule has 182 valence electrons. The number of aryl methyl sites for hydroxylation is 1. The number of benzene rings is 3. The van der Waals surface area contributed by atoms with Gasteiger partial charge in [0.05, 0.1) is 11.3 Å². The summed E-state index contributed by atoms with van der Waals surface area (Å²) in [6.07, 6.45) is 1.49. The smallest absolute Gasteiger partial charge is 0.335 e. The molecule has 0 aliphatic carbocycles. The van der Waals surface area contributed by atoms with Crippen molar-refractivity contribution in [2.24, 2.45) is 5.16 Å². The number of carboxylic acids is 1. The number of aromatic nitrogens is 1. The Hall–Kier alpha value is -4.59. The first kappa shape index (κ1) is 24.5. The van der Waals surface area contributed by atoms with Gasteiger partial charge in [0.25, 0.3) is 5.56 Å². The second kappa shape index (κ2) is 10.4. The molecule has 0 aliphatic rings. The first-order chi connectivity index (χ1) is 17.3. The average Bonchev–Trinajstić information content (AvgIpc) is 2.87. The van der Waals surface area contributed by atoms with Crippen LogP contribution in [0.5, 0.6) is 0 Å². The highest BCUT2D eigenvalue weighted by atomic mass is 19.1. The van der Waals surface area contributed by atoms with E-state index in [9.17, 15) is 23.6 Å². The number of rotatable bonds is 7. The molecule has 8 heteroatoms. The average molecular weight is 488 g/mol. The van der Waals surface area contributed by atoms with Gasteiger partial charge in [-0.25, -0.2) is 13.6 Å². The van der Waals surface area contributed by atoms with Gasteiger partial charge < -0.3 is 15.3 Å². The van der Waals surface area contributed by atoms with E-state index in [4.69, 9.17) is 5.11 Å². The number of hydrogen-bond donors (Lipinski definition) is 3. The highest BCUT2D eigenvalue weighted by molar-refractivity contribution is 6.00. The normalized spacial score (nSPS) is 12.4. The standard InChI is InChI=1S/C28H22F2N2O4/c1-16-12-21(15-31-27(16)33)26(32-36)14-24(23-11-10-22(29)13-25(23)30)19-6-2-17(3-7-19)18-4-8-20(9-5-18)28(34)35/h2-13,15,24,36H,14H2,1H3,(H,31,33)(H,34,35)/b32-26+. The largest absolute Gasteiger partial charge is 0.478 e. The molecular formula is C28H22F2N2O4. The van der Waals surface area contributed by atoms with E-state index >= 15 is 0 Å². The van der Waals surface area contributed by atoms with E-state index in [-0.39, 0.29) is 28.8 Å². The number of pyridine rings is 1. The van der Waals surface area contributed by atoms with E-state index in [2.05, 4.69) is 10.1 Å². The molecule has 1 unspecified atom stereocenters. The molecule has 3 aromatic carbocycles. The quantitative estimate of drug-likeness (QED) is 0.176. The minimum absolute atomic E-state index is 0.0667. The molecule has 1 atom stereocenters. The molecule has 4 aromatic rings. The number of H-pyrrole nitrogens is 1. The number of hydrogen-bond acceptors (Lipinski definition) is 4. The maximum absolute atomic E-state index is 14.9. The van der Waals surface area contributed by atoms with Gasteiger partial charge in [-0.3, -0.25) is 4.79 Å². The number of carbonyl (C=O) groups is 1. The Bertz CT molecular complexity index is 1490. The van der Waals surface area contributed by atoms with Crippen LogP contribution in [0, 0.1) is 18.6 Å². The number of nitrogens with one attached hydrogen (secondary N) is 1. The van der Waals surface area contributed by atoms with Gasteiger partial charge in [-0.05, 0) is 53.4 Å². The van der Waals surface area contributed by atoms with Crippen molar-refractivity contribution in [2.45, 2.75) is 19.3 Å².